The first kappa shape index (κ1) is 21.4. The molecule has 0 unspecified atom stereocenters. The summed E-state index contributed by atoms with van der Waals surface area (Å²) >= 11 is 18.2. The normalized spacial score (nSPS) is 11.3. The van der Waals surface area contributed by atoms with Crippen LogP contribution in [0.5, 0.6) is 5.75 Å². The number of methoxy groups -OCH3 is 1. The van der Waals surface area contributed by atoms with Crippen molar-refractivity contribution in [3.8, 4) is 17.1 Å². The second-order valence-electron chi connectivity index (χ2n) is 5.89. The number of nitrogens with zero attached hydrogens (tertiary/aromatic N) is 2. The van der Waals surface area contributed by atoms with Crippen molar-refractivity contribution in [1.29, 1.82) is 0 Å². The fourth-order valence-electron chi connectivity index (χ4n) is 2.55. The molecule has 1 aromatic heterocycles. The van der Waals surface area contributed by atoms with Gasteiger partial charge in [-0.05, 0) is 24.3 Å². The minimum absolute atomic E-state index is 0.0569. The Balaban J connectivity index is 1.93. The summed E-state index contributed by atoms with van der Waals surface area (Å²) in [4.78, 5) is 16.5. The number of aromatic nitrogens is 2. The van der Waals surface area contributed by atoms with Gasteiger partial charge < -0.3 is 9.30 Å². The average Bonchev–Trinajstić information content (AvgIpc) is 3.05. The summed E-state index contributed by atoms with van der Waals surface area (Å²) in [6, 6.07) is 9.07. The van der Waals surface area contributed by atoms with E-state index in [0.29, 0.717) is 16.4 Å². The first-order valence-corrected chi connectivity index (χ1v) is 10.6. The number of aryl methyl sites for hydroxylation is 1. The summed E-state index contributed by atoms with van der Waals surface area (Å²) in [7, 11) is -1.24. The SMILES string of the molecule is COc1ccc(Cl)c(S(=O)(=O)NC(=O)c2cn(C)c(-c3cccc(Cl)c3Cl)n2)c1. The lowest BCUT2D eigenvalue weighted by atomic mass is 10.2. The van der Waals surface area contributed by atoms with E-state index in [1.54, 1.807) is 25.2 Å². The van der Waals surface area contributed by atoms with Gasteiger partial charge in [0.05, 0.1) is 22.2 Å². The predicted molar refractivity (Wildman–Crippen MR) is 111 cm³/mol. The molecule has 1 N–H and O–H groups in total. The van der Waals surface area contributed by atoms with Gasteiger partial charge in [0.15, 0.2) is 0 Å². The third-order valence-corrected chi connectivity index (χ3v) is 6.59. The highest BCUT2D eigenvalue weighted by Gasteiger charge is 2.25. The van der Waals surface area contributed by atoms with E-state index < -0.39 is 15.9 Å². The summed E-state index contributed by atoms with van der Waals surface area (Å²) in [5.41, 5.74) is 0.376. The Morgan fingerprint density at radius 1 is 1.14 bits per heavy atom. The number of benzene rings is 2. The van der Waals surface area contributed by atoms with Gasteiger partial charge in [-0.2, -0.15) is 0 Å². The molecule has 152 valence electrons. The van der Waals surface area contributed by atoms with E-state index in [1.165, 1.54) is 36.1 Å². The van der Waals surface area contributed by atoms with Gasteiger partial charge in [0.25, 0.3) is 15.9 Å². The molecule has 0 saturated carbocycles. The van der Waals surface area contributed by atoms with Crippen molar-refractivity contribution >= 4 is 50.7 Å². The van der Waals surface area contributed by atoms with Crippen molar-refractivity contribution in [2.75, 3.05) is 7.11 Å². The van der Waals surface area contributed by atoms with Crippen LogP contribution in [-0.4, -0.2) is 31.0 Å². The monoisotopic (exact) mass is 473 g/mol. The van der Waals surface area contributed by atoms with Crippen molar-refractivity contribution < 1.29 is 17.9 Å². The standard InChI is InChI=1S/C18H14Cl3N3O4S/c1-24-9-14(22-17(24)11-4-3-5-13(20)16(11)21)18(25)23-29(26,27)15-8-10(28-2)6-7-12(15)19/h3-9H,1-2H3,(H,23,25). The second kappa shape index (κ2) is 8.23. The van der Waals surface area contributed by atoms with E-state index in [1.807, 2.05) is 4.72 Å². The number of nitrogens with one attached hydrogen (secondary N) is 1. The van der Waals surface area contributed by atoms with E-state index in [0.717, 1.165) is 0 Å². The number of carbonyl (C=O) groups excluding carboxylic acids is 1. The molecule has 0 saturated heterocycles. The molecule has 0 atom stereocenters. The number of amides is 1. The Bertz CT molecular complexity index is 1210. The molecule has 0 aliphatic carbocycles. The first-order chi connectivity index (χ1) is 13.6. The fraction of sp³-hybridized carbons (Fsp3) is 0.111. The highest BCUT2D eigenvalue weighted by Crippen LogP contribution is 2.33. The molecule has 0 radical (unpaired) electrons. The maximum Gasteiger partial charge on any atom is 0.285 e. The molecule has 2 aromatic carbocycles. The molecule has 7 nitrogen and oxygen atoms in total. The summed E-state index contributed by atoms with van der Waals surface area (Å²) in [5.74, 6) is -0.304. The number of rotatable bonds is 5. The zero-order valence-electron chi connectivity index (χ0n) is 15.1. The van der Waals surface area contributed by atoms with Crippen LogP contribution in [-0.2, 0) is 17.1 Å². The average molecular weight is 475 g/mol. The predicted octanol–water partition coefficient (Wildman–Crippen LogP) is 4.17. The van der Waals surface area contributed by atoms with Gasteiger partial charge in [0.1, 0.15) is 22.2 Å². The van der Waals surface area contributed by atoms with Gasteiger partial charge in [-0.25, -0.2) is 18.1 Å². The first-order valence-electron chi connectivity index (χ1n) is 8.02. The summed E-state index contributed by atoms with van der Waals surface area (Å²) < 4.78 is 33.7. The van der Waals surface area contributed by atoms with Gasteiger partial charge in [0, 0.05) is 24.9 Å². The zero-order valence-corrected chi connectivity index (χ0v) is 18.2. The van der Waals surface area contributed by atoms with Gasteiger partial charge in [0.2, 0.25) is 0 Å². The molecular weight excluding hydrogens is 461 g/mol. The minimum Gasteiger partial charge on any atom is -0.497 e. The number of sulfonamides is 1. The van der Waals surface area contributed by atoms with E-state index >= 15 is 0 Å². The molecule has 29 heavy (non-hydrogen) atoms. The number of imidazole rings is 1. The van der Waals surface area contributed by atoms with Gasteiger partial charge in [-0.15, -0.1) is 0 Å². The smallest absolute Gasteiger partial charge is 0.285 e. The zero-order chi connectivity index (χ0) is 21.3. The third-order valence-electron chi connectivity index (χ3n) is 3.96. The van der Waals surface area contributed by atoms with Crippen LogP contribution in [0.3, 0.4) is 0 Å². The van der Waals surface area contributed by atoms with Crippen molar-refractivity contribution in [1.82, 2.24) is 14.3 Å². The lowest BCUT2D eigenvalue weighted by Crippen LogP contribution is -2.31. The minimum atomic E-state index is -4.26. The molecular formula is C18H14Cl3N3O4S. The fourth-order valence-corrected chi connectivity index (χ4v) is 4.41. The van der Waals surface area contributed by atoms with Crippen molar-refractivity contribution in [3.05, 3.63) is 63.4 Å². The van der Waals surface area contributed by atoms with Gasteiger partial charge >= 0.3 is 0 Å². The van der Waals surface area contributed by atoms with E-state index in [9.17, 15) is 13.2 Å². The van der Waals surface area contributed by atoms with Crippen LogP contribution < -0.4 is 9.46 Å². The van der Waals surface area contributed by atoms with Crippen molar-refractivity contribution in [2.24, 2.45) is 7.05 Å². The van der Waals surface area contributed by atoms with Crippen LogP contribution in [0.1, 0.15) is 10.5 Å². The number of halogens is 3. The summed E-state index contributed by atoms with van der Waals surface area (Å²) in [6.45, 7) is 0. The lowest BCUT2D eigenvalue weighted by molar-refractivity contribution is 0.0977. The van der Waals surface area contributed by atoms with Crippen LogP contribution in [0.25, 0.3) is 11.4 Å². The Labute approximate surface area is 182 Å². The van der Waals surface area contributed by atoms with E-state index in [-0.39, 0.29) is 26.4 Å². The summed E-state index contributed by atoms with van der Waals surface area (Å²) in [6.07, 6.45) is 1.38. The molecule has 0 spiro atoms. The number of hydrogen-bond donors (Lipinski definition) is 1. The summed E-state index contributed by atoms with van der Waals surface area (Å²) in [5, 5.41) is 0.539. The maximum absolute atomic E-state index is 12.6. The van der Waals surface area contributed by atoms with Crippen LogP contribution in [0.2, 0.25) is 15.1 Å². The number of hydrogen-bond acceptors (Lipinski definition) is 5. The molecule has 0 aliphatic rings. The Morgan fingerprint density at radius 3 is 2.55 bits per heavy atom. The van der Waals surface area contributed by atoms with Crippen molar-refractivity contribution in [2.45, 2.75) is 4.90 Å². The van der Waals surface area contributed by atoms with Crippen LogP contribution in [0.4, 0.5) is 0 Å². The third kappa shape index (κ3) is 4.35. The topological polar surface area (TPSA) is 90.3 Å². The van der Waals surface area contributed by atoms with Gasteiger partial charge in [-0.1, -0.05) is 40.9 Å². The molecule has 1 amide bonds. The van der Waals surface area contributed by atoms with E-state index in [2.05, 4.69) is 4.98 Å². The number of carbonyl (C=O) groups is 1. The highest BCUT2D eigenvalue weighted by molar-refractivity contribution is 7.90. The molecule has 0 aliphatic heterocycles. The van der Waals surface area contributed by atoms with Crippen LogP contribution in [0, 0.1) is 0 Å². The molecule has 11 heteroatoms. The Kier molecular flexibility index (Phi) is 6.09. The lowest BCUT2D eigenvalue weighted by Gasteiger charge is -2.09. The quantitative estimate of drug-likeness (QED) is 0.599. The largest absolute Gasteiger partial charge is 0.497 e. The van der Waals surface area contributed by atoms with Crippen LogP contribution in [0.15, 0.2) is 47.5 Å². The molecule has 3 rings (SSSR count). The molecule has 3 aromatic rings. The van der Waals surface area contributed by atoms with Crippen molar-refractivity contribution in [3.63, 3.8) is 0 Å². The molecule has 1 heterocycles. The molecule has 0 fully saturated rings. The van der Waals surface area contributed by atoms with Gasteiger partial charge in [-0.3, -0.25) is 4.79 Å². The maximum atomic E-state index is 12.6. The second-order valence-corrected chi connectivity index (χ2v) is 8.74. The van der Waals surface area contributed by atoms with Crippen LogP contribution >= 0.6 is 34.8 Å². The Morgan fingerprint density at radius 2 is 1.86 bits per heavy atom. The Hall–Kier alpha value is -2.26. The van der Waals surface area contributed by atoms with E-state index in [4.69, 9.17) is 39.5 Å². The highest BCUT2D eigenvalue weighted by atomic mass is 35.5. The number of ether oxygens (including phenoxy) is 1. The molecule has 0 bridgehead atoms.